The van der Waals surface area contributed by atoms with E-state index in [9.17, 15) is 13.2 Å². The summed E-state index contributed by atoms with van der Waals surface area (Å²) in [4.78, 5) is 11.9. The van der Waals surface area contributed by atoms with Crippen LogP contribution in [0.5, 0.6) is 0 Å². The van der Waals surface area contributed by atoms with Crippen molar-refractivity contribution in [2.75, 3.05) is 20.3 Å². The molecule has 1 aromatic rings. The van der Waals surface area contributed by atoms with E-state index in [-0.39, 0.29) is 16.4 Å². The van der Waals surface area contributed by atoms with E-state index in [1.54, 1.807) is 26.2 Å². The van der Waals surface area contributed by atoms with Crippen LogP contribution in [0.2, 0.25) is 0 Å². The summed E-state index contributed by atoms with van der Waals surface area (Å²) in [5.74, 6) is -0.313. The molecule has 1 rings (SSSR count). The first-order chi connectivity index (χ1) is 9.36. The smallest absolute Gasteiger partial charge is 0.251 e. The molecule has 6 nitrogen and oxygen atoms in total. The minimum absolute atomic E-state index is 0.0236. The molecule has 0 atom stereocenters. The van der Waals surface area contributed by atoms with E-state index in [0.717, 1.165) is 12.8 Å². The number of methoxy groups -OCH3 is 1. The van der Waals surface area contributed by atoms with Crippen molar-refractivity contribution < 1.29 is 17.9 Å². The molecule has 0 bridgehead atoms. The molecule has 0 aromatic heterocycles. The standard InChI is InChI=1S/C13H20N2O4S/c1-10-5-6-11(9-12(10)20(14,17)18)13(16)15-7-3-4-8-19-2/h5-6,9H,3-4,7-8H2,1-2H3,(H,15,16)(H2,14,17,18). The number of amides is 1. The number of carbonyl (C=O) groups is 1. The van der Waals surface area contributed by atoms with Gasteiger partial charge in [0.05, 0.1) is 4.90 Å². The summed E-state index contributed by atoms with van der Waals surface area (Å²) in [6, 6.07) is 4.45. The van der Waals surface area contributed by atoms with Crippen molar-refractivity contribution in [2.24, 2.45) is 5.14 Å². The lowest BCUT2D eigenvalue weighted by Gasteiger charge is -2.08. The second-order valence-electron chi connectivity index (χ2n) is 4.48. The number of primary sulfonamides is 1. The highest BCUT2D eigenvalue weighted by Crippen LogP contribution is 2.15. The van der Waals surface area contributed by atoms with Crippen LogP contribution in [0, 0.1) is 6.92 Å². The minimum Gasteiger partial charge on any atom is -0.385 e. The molecule has 1 aromatic carbocycles. The third-order valence-corrected chi connectivity index (χ3v) is 3.87. The number of hydrogen-bond donors (Lipinski definition) is 2. The lowest BCUT2D eigenvalue weighted by molar-refractivity contribution is 0.0951. The van der Waals surface area contributed by atoms with Crippen molar-refractivity contribution in [2.45, 2.75) is 24.7 Å². The summed E-state index contributed by atoms with van der Waals surface area (Å²) < 4.78 is 27.7. The van der Waals surface area contributed by atoms with Crippen LogP contribution < -0.4 is 10.5 Å². The monoisotopic (exact) mass is 300 g/mol. The predicted octanol–water partition coefficient (Wildman–Crippen LogP) is 0.799. The zero-order valence-electron chi connectivity index (χ0n) is 11.7. The van der Waals surface area contributed by atoms with Crippen LogP contribution in [0.3, 0.4) is 0 Å². The summed E-state index contributed by atoms with van der Waals surface area (Å²) in [5.41, 5.74) is 0.801. The van der Waals surface area contributed by atoms with E-state index < -0.39 is 10.0 Å². The predicted molar refractivity (Wildman–Crippen MR) is 76.0 cm³/mol. The van der Waals surface area contributed by atoms with Gasteiger partial charge in [-0.3, -0.25) is 4.79 Å². The van der Waals surface area contributed by atoms with Gasteiger partial charge < -0.3 is 10.1 Å². The molecule has 0 heterocycles. The number of carbonyl (C=O) groups excluding carboxylic acids is 1. The zero-order chi connectivity index (χ0) is 15.2. The van der Waals surface area contributed by atoms with Gasteiger partial charge in [0.2, 0.25) is 10.0 Å². The average molecular weight is 300 g/mol. The summed E-state index contributed by atoms with van der Waals surface area (Å²) >= 11 is 0. The SMILES string of the molecule is COCCCCNC(=O)c1ccc(C)c(S(N)(=O)=O)c1. The quantitative estimate of drug-likeness (QED) is 0.728. The number of nitrogens with two attached hydrogens (primary N) is 1. The fourth-order valence-corrected chi connectivity index (χ4v) is 2.53. The first-order valence-electron chi connectivity index (χ1n) is 6.27. The Balaban J connectivity index is 2.70. The Hall–Kier alpha value is -1.44. The minimum atomic E-state index is -3.82. The highest BCUT2D eigenvalue weighted by atomic mass is 32.2. The number of aryl methyl sites for hydroxylation is 1. The van der Waals surface area contributed by atoms with Crippen LogP contribution in [-0.2, 0) is 14.8 Å². The maximum Gasteiger partial charge on any atom is 0.251 e. The Labute approximate surface area is 119 Å². The molecule has 1 amide bonds. The fraction of sp³-hybridized carbons (Fsp3) is 0.462. The van der Waals surface area contributed by atoms with E-state index >= 15 is 0 Å². The van der Waals surface area contributed by atoms with Crippen LogP contribution in [-0.4, -0.2) is 34.6 Å². The first-order valence-corrected chi connectivity index (χ1v) is 7.81. The maximum absolute atomic E-state index is 11.9. The van der Waals surface area contributed by atoms with Crippen LogP contribution >= 0.6 is 0 Å². The van der Waals surface area contributed by atoms with Crippen molar-refractivity contribution in [3.8, 4) is 0 Å². The van der Waals surface area contributed by atoms with Crippen LogP contribution in [0.1, 0.15) is 28.8 Å². The van der Waals surface area contributed by atoms with Crippen molar-refractivity contribution in [1.29, 1.82) is 0 Å². The number of benzene rings is 1. The molecule has 0 aliphatic carbocycles. The number of nitrogens with one attached hydrogen (secondary N) is 1. The normalized spacial score (nSPS) is 11.3. The molecule has 0 saturated heterocycles. The van der Waals surface area contributed by atoms with Gasteiger partial charge in [-0.15, -0.1) is 0 Å². The lowest BCUT2D eigenvalue weighted by Crippen LogP contribution is -2.25. The molecule has 7 heteroatoms. The Morgan fingerprint density at radius 2 is 2.05 bits per heavy atom. The second-order valence-corrected chi connectivity index (χ2v) is 6.01. The van der Waals surface area contributed by atoms with E-state index in [1.807, 2.05) is 0 Å². The second kappa shape index (κ2) is 7.37. The summed E-state index contributed by atoms with van der Waals surface area (Å²) in [6.07, 6.45) is 1.65. The van der Waals surface area contributed by atoms with Crippen molar-refractivity contribution >= 4 is 15.9 Å². The number of hydrogen-bond acceptors (Lipinski definition) is 4. The van der Waals surface area contributed by atoms with E-state index in [2.05, 4.69) is 5.32 Å². The number of sulfonamides is 1. The number of rotatable bonds is 7. The van der Waals surface area contributed by atoms with Crippen molar-refractivity contribution in [3.05, 3.63) is 29.3 Å². The van der Waals surface area contributed by atoms with Gasteiger partial charge in [0.25, 0.3) is 5.91 Å². The summed E-state index contributed by atoms with van der Waals surface area (Å²) in [5, 5.41) is 7.83. The van der Waals surface area contributed by atoms with Gasteiger partial charge in [-0.1, -0.05) is 6.07 Å². The molecule has 0 aliphatic rings. The zero-order valence-corrected chi connectivity index (χ0v) is 12.5. The lowest BCUT2D eigenvalue weighted by atomic mass is 10.1. The van der Waals surface area contributed by atoms with Gasteiger partial charge in [0, 0.05) is 25.8 Å². The first kappa shape index (κ1) is 16.6. The molecule has 112 valence electrons. The molecule has 0 radical (unpaired) electrons. The Morgan fingerprint density at radius 1 is 1.35 bits per heavy atom. The van der Waals surface area contributed by atoms with Gasteiger partial charge >= 0.3 is 0 Å². The molecule has 0 unspecified atom stereocenters. The summed E-state index contributed by atoms with van der Waals surface area (Å²) in [6.45, 7) is 2.79. The third-order valence-electron chi connectivity index (χ3n) is 2.82. The van der Waals surface area contributed by atoms with Crippen LogP contribution in [0.15, 0.2) is 23.1 Å². The van der Waals surface area contributed by atoms with Gasteiger partial charge in [-0.25, -0.2) is 13.6 Å². The summed E-state index contributed by atoms with van der Waals surface area (Å²) in [7, 11) is -2.19. The number of unbranched alkanes of at least 4 members (excludes halogenated alkanes) is 1. The van der Waals surface area contributed by atoms with Crippen LogP contribution in [0.25, 0.3) is 0 Å². The van der Waals surface area contributed by atoms with Gasteiger partial charge in [-0.05, 0) is 37.5 Å². The molecule has 0 fully saturated rings. The largest absolute Gasteiger partial charge is 0.385 e. The Bertz CT molecular complexity index is 570. The highest BCUT2D eigenvalue weighted by molar-refractivity contribution is 7.89. The van der Waals surface area contributed by atoms with Gasteiger partial charge in [0.1, 0.15) is 0 Å². The molecule has 3 N–H and O–H groups in total. The van der Waals surface area contributed by atoms with Crippen molar-refractivity contribution in [3.63, 3.8) is 0 Å². The molecule has 20 heavy (non-hydrogen) atoms. The van der Waals surface area contributed by atoms with E-state index in [4.69, 9.17) is 9.88 Å². The molecule has 0 spiro atoms. The maximum atomic E-state index is 11.9. The molecular weight excluding hydrogens is 280 g/mol. The molecule has 0 saturated carbocycles. The molecular formula is C13H20N2O4S. The van der Waals surface area contributed by atoms with E-state index in [0.29, 0.717) is 18.7 Å². The van der Waals surface area contributed by atoms with Gasteiger partial charge in [-0.2, -0.15) is 0 Å². The Morgan fingerprint density at radius 3 is 2.65 bits per heavy atom. The Kier molecular flexibility index (Phi) is 6.12. The van der Waals surface area contributed by atoms with E-state index in [1.165, 1.54) is 6.07 Å². The van der Waals surface area contributed by atoms with Crippen molar-refractivity contribution in [1.82, 2.24) is 5.32 Å². The average Bonchev–Trinajstić information content (AvgIpc) is 2.37. The molecule has 0 aliphatic heterocycles. The highest BCUT2D eigenvalue weighted by Gasteiger charge is 2.14. The fourth-order valence-electron chi connectivity index (χ4n) is 1.72. The third kappa shape index (κ3) is 4.92. The topological polar surface area (TPSA) is 98.5 Å². The van der Waals surface area contributed by atoms with Gasteiger partial charge in [0.15, 0.2) is 0 Å². The van der Waals surface area contributed by atoms with Crippen LogP contribution in [0.4, 0.5) is 0 Å². The number of ether oxygens (including phenoxy) is 1.